The minimum atomic E-state index is -0.335. The summed E-state index contributed by atoms with van der Waals surface area (Å²) in [4.78, 5) is 36.7. The molecule has 2 amide bonds. The molecule has 1 aromatic carbocycles. The molecular weight excluding hydrogens is 396 g/mol. The molecule has 7 nitrogen and oxygen atoms in total. The van der Waals surface area contributed by atoms with Crippen molar-refractivity contribution in [2.75, 3.05) is 11.9 Å². The second-order valence-corrected chi connectivity index (χ2v) is 8.40. The van der Waals surface area contributed by atoms with Crippen molar-refractivity contribution in [3.8, 4) is 0 Å². The summed E-state index contributed by atoms with van der Waals surface area (Å²) in [7, 11) is 0. The average molecular weight is 410 g/mol. The van der Waals surface area contributed by atoms with Crippen LogP contribution in [0.25, 0.3) is 10.2 Å². The lowest BCUT2D eigenvalue weighted by atomic mass is 10.2. The van der Waals surface area contributed by atoms with Gasteiger partial charge in [-0.1, -0.05) is 23.5 Å². The van der Waals surface area contributed by atoms with Gasteiger partial charge in [0.1, 0.15) is 0 Å². The highest BCUT2D eigenvalue weighted by molar-refractivity contribution is 7.20. The molecule has 0 aliphatic carbocycles. The molecule has 0 saturated carbocycles. The fourth-order valence-corrected chi connectivity index (χ4v) is 5.04. The van der Waals surface area contributed by atoms with E-state index in [1.54, 1.807) is 17.0 Å². The van der Waals surface area contributed by atoms with Gasteiger partial charge in [-0.05, 0) is 24.3 Å². The van der Waals surface area contributed by atoms with Gasteiger partial charge in [-0.25, -0.2) is 9.97 Å². The molecule has 28 heavy (non-hydrogen) atoms. The van der Waals surface area contributed by atoms with Crippen molar-refractivity contribution in [2.45, 2.75) is 13.0 Å². The first-order valence-corrected chi connectivity index (χ1v) is 10.3. The third kappa shape index (κ3) is 3.08. The Morgan fingerprint density at radius 3 is 2.82 bits per heavy atom. The molecule has 0 atom stereocenters. The predicted octanol–water partition coefficient (Wildman–Crippen LogP) is 3.80. The second-order valence-electron chi connectivity index (χ2n) is 6.28. The zero-order valence-electron chi connectivity index (χ0n) is 14.5. The number of furan rings is 1. The number of carbonyl (C=O) groups is 2. The SMILES string of the molecule is O=C(Nc1nc2c(s1)CN(C(=O)c1nc3ccccc3s1)CC2)c1ccco1. The van der Waals surface area contributed by atoms with Crippen molar-refractivity contribution in [1.29, 1.82) is 0 Å². The predicted molar refractivity (Wildman–Crippen MR) is 107 cm³/mol. The van der Waals surface area contributed by atoms with E-state index in [4.69, 9.17) is 4.42 Å². The van der Waals surface area contributed by atoms with Gasteiger partial charge in [-0.3, -0.25) is 14.9 Å². The molecule has 0 radical (unpaired) electrons. The van der Waals surface area contributed by atoms with Crippen molar-refractivity contribution >= 4 is 49.8 Å². The number of thiazole rings is 2. The largest absolute Gasteiger partial charge is 0.459 e. The van der Waals surface area contributed by atoms with E-state index in [0.29, 0.717) is 29.6 Å². The third-order valence-electron chi connectivity index (χ3n) is 4.46. The van der Waals surface area contributed by atoms with Gasteiger partial charge in [-0.2, -0.15) is 0 Å². The standard InChI is InChI=1S/C19H14N4O3S2/c24-16(13-5-3-9-26-13)22-19-21-12-7-8-23(10-15(12)28-19)18(25)17-20-11-4-1-2-6-14(11)27-17/h1-6,9H,7-8,10H2,(H,21,22,24). The smallest absolute Gasteiger partial charge is 0.293 e. The quantitative estimate of drug-likeness (QED) is 0.555. The van der Waals surface area contributed by atoms with E-state index in [1.165, 1.54) is 28.9 Å². The number of fused-ring (bicyclic) bond motifs is 2. The molecule has 0 saturated heterocycles. The van der Waals surface area contributed by atoms with E-state index < -0.39 is 0 Å². The normalized spacial score (nSPS) is 13.5. The molecule has 0 unspecified atom stereocenters. The van der Waals surface area contributed by atoms with Crippen LogP contribution in [0.15, 0.2) is 47.1 Å². The van der Waals surface area contributed by atoms with E-state index in [1.807, 2.05) is 24.3 Å². The Morgan fingerprint density at radius 1 is 1.11 bits per heavy atom. The topological polar surface area (TPSA) is 88.3 Å². The van der Waals surface area contributed by atoms with Crippen LogP contribution >= 0.6 is 22.7 Å². The molecule has 4 heterocycles. The number of nitrogens with one attached hydrogen (secondary N) is 1. The van der Waals surface area contributed by atoms with Crippen LogP contribution in [0.4, 0.5) is 5.13 Å². The van der Waals surface area contributed by atoms with Crippen molar-refractivity contribution in [3.05, 3.63) is 64.0 Å². The molecule has 0 fully saturated rings. The summed E-state index contributed by atoms with van der Waals surface area (Å²) in [6, 6.07) is 11.0. The van der Waals surface area contributed by atoms with Crippen LogP contribution in [0.2, 0.25) is 0 Å². The summed E-state index contributed by atoms with van der Waals surface area (Å²) in [5.74, 6) is -0.166. The Hall–Kier alpha value is -3.04. The van der Waals surface area contributed by atoms with Crippen LogP contribution in [0.3, 0.4) is 0 Å². The van der Waals surface area contributed by atoms with Gasteiger partial charge < -0.3 is 9.32 Å². The first kappa shape index (κ1) is 17.1. The van der Waals surface area contributed by atoms with Gasteiger partial charge in [-0.15, -0.1) is 11.3 Å². The lowest BCUT2D eigenvalue weighted by Gasteiger charge is -2.25. The Morgan fingerprint density at radius 2 is 2.00 bits per heavy atom. The Kier molecular flexibility index (Phi) is 4.18. The van der Waals surface area contributed by atoms with Gasteiger partial charge in [0.15, 0.2) is 15.9 Å². The van der Waals surface area contributed by atoms with Crippen LogP contribution in [0, 0.1) is 0 Å². The summed E-state index contributed by atoms with van der Waals surface area (Å²) in [6.45, 7) is 1.05. The van der Waals surface area contributed by atoms with Gasteiger partial charge in [0, 0.05) is 17.8 Å². The van der Waals surface area contributed by atoms with Crippen molar-refractivity contribution in [3.63, 3.8) is 0 Å². The van der Waals surface area contributed by atoms with Gasteiger partial charge in [0.2, 0.25) is 0 Å². The maximum Gasteiger partial charge on any atom is 0.293 e. The molecule has 0 bridgehead atoms. The van der Waals surface area contributed by atoms with Crippen LogP contribution in [-0.4, -0.2) is 33.2 Å². The van der Waals surface area contributed by atoms with Crippen LogP contribution < -0.4 is 5.32 Å². The van der Waals surface area contributed by atoms with Crippen molar-refractivity contribution in [1.82, 2.24) is 14.9 Å². The molecule has 9 heteroatoms. The van der Waals surface area contributed by atoms with E-state index in [-0.39, 0.29) is 17.6 Å². The lowest BCUT2D eigenvalue weighted by molar-refractivity contribution is 0.0736. The van der Waals surface area contributed by atoms with Gasteiger partial charge in [0.05, 0.1) is 28.7 Å². The number of amides is 2. The van der Waals surface area contributed by atoms with E-state index in [0.717, 1.165) is 20.8 Å². The molecule has 1 aliphatic rings. The van der Waals surface area contributed by atoms with Crippen molar-refractivity contribution in [2.24, 2.45) is 0 Å². The fourth-order valence-electron chi connectivity index (χ4n) is 3.09. The van der Waals surface area contributed by atoms with Crippen LogP contribution in [0.1, 0.15) is 30.9 Å². The molecule has 4 aromatic rings. The third-order valence-corrected chi connectivity index (χ3v) is 6.48. The van der Waals surface area contributed by atoms with Crippen molar-refractivity contribution < 1.29 is 14.0 Å². The fraction of sp³-hybridized carbons (Fsp3) is 0.158. The molecule has 5 rings (SSSR count). The number of anilines is 1. The highest BCUT2D eigenvalue weighted by Gasteiger charge is 2.27. The number of nitrogens with zero attached hydrogens (tertiary/aromatic N) is 3. The number of para-hydroxylation sites is 1. The van der Waals surface area contributed by atoms with E-state index in [9.17, 15) is 9.59 Å². The number of hydrogen-bond donors (Lipinski definition) is 1. The molecule has 3 aromatic heterocycles. The zero-order chi connectivity index (χ0) is 19.1. The monoisotopic (exact) mass is 410 g/mol. The maximum absolute atomic E-state index is 12.9. The molecule has 1 aliphatic heterocycles. The summed E-state index contributed by atoms with van der Waals surface area (Å²) in [5, 5.41) is 3.77. The molecule has 0 spiro atoms. The first-order chi connectivity index (χ1) is 13.7. The summed E-state index contributed by atoms with van der Waals surface area (Å²) < 4.78 is 6.10. The Bertz CT molecular complexity index is 1150. The minimum absolute atomic E-state index is 0.0681. The number of rotatable bonds is 3. The summed E-state index contributed by atoms with van der Waals surface area (Å²) in [5.41, 5.74) is 1.77. The maximum atomic E-state index is 12.9. The Labute approximate surface area is 167 Å². The molecular formula is C19H14N4O3S2. The molecule has 140 valence electrons. The first-order valence-electron chi connectivity index (χ1n) is 8.65. The van der Waals surface area contributed by atoms with Gasteiger partial charge >= 0.3 is 0 Å². The Balaban J connectivity index is 1.33. The lowest BCUT2D eigenvalue weighted by Crippen LogP contribution is -2.35. The number of hydrogen-bond acceptors (Lipinski definition) is 7. The molecule has 1 N–H and O–H groups in total. The summed E-state index contributed by atoms with van der Waals surface area (Å²) >= 11 is 2.80. The summed E-state index contributed by atoms with van der Waals surface area (Å²) in [6.07, 6.45) is 2.10. The number of benzene rings is 1. The highest BCUT2D eigenvalue weighted by Crippen LogP contribution is 2.30. The second kappa shape index (κ2) is 6.84. The van der Waals surface area contributed by atoms with Crippen LogP contribution in [-0.2, 0) is 13.0 Å². The number of aromatic nitrogens is 2. The number of carbonyl (C=O) groups excluding carboxylic acids is 2. The highest BCUT2D eigenvalue weighted by atomic mass is 32.1. The minimum Gasteiger partial charge on any atom is -0.459 e. The average Bonchev–Trinajstić information content (AvgIpc) is 3.44. The van der Waals surface area contributed by atoms with E-state index in [2.05, 4.69) is 15.3 Å². The zero-order valence-corrected chi connectivity index (χ0v) is 16.2. The van der Waals surface area contributed by atoms with Crippen LogP contribution in [0.5, 0.6) is 0 Å². The van der Waals surface area contributed by atoms with E-state index >= 15 is 0 Å². The van der Waals surface area contributed by atoms with Gasteiger partial charge in [0.25, 0.3) is 11.8 Å².